The Balaban J connectivity index is 3.31. The highest BCUT2D eigenvalue weighted by atomic mass is 79.9. The number of anilines is 1. The van der Waals surface area contributed by atoms with Gasteiger partial charge in [0.25, 0.3) is 0 Å². The van der Waals surface area contributed by atoms with Gasteiger partial charge in [0.15, 0.2) is 6.29 Å². The molecule has 0 heterocycles. The summed E-state index contributed by atoms with van der Waals surface area (Å²) >= 11 is 8.87. The summed E-state index contributed by atoms with van der Waals surface area (Å²) in [6, 6.07) is 3.13. The van der Waals surface area contributed by atoms with E-state index < -0.39 is 0 Å². The van der Waals surface area contributed by atoms with Gasteiger partial charge in [0.1, 0.15) is 0 Å². The summed E-state index contributed by atoms with van der Waals surface area (Å²) in [5, 5.41) is 0.404. The quantitative estimate of drug-likeness (QED) is 0.599. The Morgan fingerprint density at radius 1 is 1.55 bits per heavy atom. The number of halogens is 2. The lowest BCUT2D eigenvalue weighted by Crippen LogP contribution is -1.90. The summed E-state index contributed by atoms with van der Waals surface area (Å²) in [6.45, 7) is 0. The molecule has 0 radical (unpaired) electrons. The van der Waals surface area contributed by atoms with Crippen LogP contribution in [0.25, 0.3) is 0 Å². The van der Waals surface area contributed by atoms with E-state index in [0.717, 1.165) is 0 Å². The summed E-state index contributed by atoms with van der Waals surface area (Å²) in [5.41, 5.74) is 6.42. The number of carbonyl (C=O) groups excluding carboxylic acids is 1. The standard InChI is InChI=1S/C7H5BrClNO/c8-5-2-6(9)4(3-11)1-7(5)10/h1-3H,10H2. The average molecular weight is 234 g/mol. The smallest absolute Gasteiger partial charge is 0.151 e. The van der Waals surface area contributed by atoms with Gasteiger partial charge in [-0.15, -0.1) is 0 Å². The second kappa shape index (κ2) is 3.24. The summed E-state index contributed by atoms with van der Waals surface area (Å²) < 4.78 is 0.702. The van der Waals surface area contributed by atoms with Crippen LogP contribution >= 0.6 is 27.5 Å². The molecule has 0 unspecified atom stereocenters. The van der Waals surface area contributed by atoms with Gasteiger partial charge in [0, 0.05) is 15.7 Å². The van der Waals surface area contributed by atoms with Crippen molar-refractivity contribution in [3.8, 4) is 0 Å². The third kappa shape index (κ3) is 1.73. The van der Waals surface area contributed by atoms with Crippen LogP contribution in [-0.2, 0) is 0 Å². The number of nitrogens with two attached hydrogens (primary N) is 1. The minimum absolute atomic E-state index is 0.404. The first-order valence-electron chi connectivity index (χ1n) is 2.85. The van der Waals surface area contributed by atoms with Gasteiger partial charge >= 0.3 is 0 Å². The van der Waals surface area contributed by atoms with Gasteiger partial charge in [0.05, 0.1) is 5.02 Å². The van der Waals surface area contributed by atoms with Gasteiger partial charge < -0.3 is 5.73 Å². The summed E-state index contributed by atoms with van der Waals surface area (Å²) in [4.78, 5) is 10.3. The molecule has 0 saturated carbocycles. The summed E-state index contributed by atoms with van der Waals surface area (Å²) in [6.07, 6.45) is 0.672. The minimum Gasteiger partial charge on any atom is -0.398 e. The molecule has 2 N–H and O–H groups in total. The van der Waals surface area contributed by atoms with E-state index in [0.29, 0.717) is 27.0 Å². The molecule has 2 nitrogen and oxygen atoms in total. The van der Waals surface area contributed by atoms with Crippen LogP contribution in [0.1, 0.15) is 10.4 Å². The Hall–Kier alpha value is -0.540. The van der Waals surface area contributed by atoms with Crippen molar-refractivity contribution in [2.75, 3.05) is 5.73 Å². The number of aldehydes is 1. The molecule has 0 fully saturated rings. The highest BCUT2D eigenvalue weighted by Crippen LogP contribution is 2.26. The molecule has 0 amide bonds. The predicted molar refractivity (Wildman–Crippen MR) is 49.0 cm³/mol. The van der Waals surface area contributed by atoms with E-state index in [1.54, 1.807) is 6.07 Å². The van der Waals surface area contributed by atoms with Crippen LogP contribution in [0.4, 0.5) is 5.69 Å². The fourth-order valence-electron chi connectivity index (χ4n) is 0.674. The molecule has 0 atom stereocenters. The van der Waals surface area contributed by atoms with Gasteiger partial charge in [-0.25, -0.2) is 0 Å². The molecule has 0 aliphatic rings. The monoisotopic (exact) mass is 233 g/mol. The van der Waals surface area contributed by atoms with E-state index in [4.69, 9.17) is 17.3 Å². The Labute approximate surface area is 77.5 Å². The van der Waals surface area contributed by atoms with Crippen LogP contribution in [0.3, 0.4) is 0 Å². The van der Waals surface area contributed by atoms with Crippen molar-refractivity contribution in [3.05, 3.63) is 27.2 Å². The van der Waals surface area contributed by atoms with Crippen molar-refractivity contribution >= 4 is 39.5 Å². The highest BCUT2D eigenvalue weighted by molar-refractivity contribution is 9.10. The Morgan fingerprint density at radius 2 is 2.18 bits per heavy atom. The number of benzene rings is 1. The molecule has 4 heteroatoms. The molecule has 0 aromatic heterocycles. The van der Waals surface area contributed by atoms with Crippen molar-refractivity contribution in [2.24, 2.45) is 0 Å². The predicted octanol–water partition coefficient (Wildman–Crippen LogP) is 2.50. The van der Waals surface area contributed by atoms with Crippen molar-refractivity contribution < 1.29 is 4.79 Å². The molecule has 0 aliphatic heterocycles. The number of rotatable bonds is 1. The zero-order chi connectivity index (χ0) is 8.43. The van der Waals surface area contributed by atoms with Crippen molar-refractivity contribution in [1.29, 1.82) is 0 Å². The van der Waals surface area contributed by atoms with E-state index >= 15 is 0 Å². The van der Waals surface area contributed by atoms with Crippen LogP contribution in [0.5, 0.6) is 0 Å². The SMILES string of the molecule is Nc1cc(C=O)c(Cl)cc1Br. The van der Waals surface area contributed by atoms with Gasteiger partial charge in [-0.05, 0) is 28.1 Å². The van der Waals surface area contributed by atoms with E-state index in [9.17, 15) is 4.79 Å². The van der Waals surface area contributed by atoms with Crippen molar-refractivity contribution in [3.63, 3.8) is 0 Å². The van der Waals surface area contributed by atoms with Gasteiger partial charge in [-0.3, -0.25) is 4.79 Å². The molecule has 0 saturated heterocycles. The molecular weight excluding hydrogens is 229 g/mol. The van der Waals surface area contributed by atoms with Gasteiger partial charge in [-0.2, -0.15) is 0 Å². The first-order valence-corrected chi connectivity index (χ1v) is 4.02. The maximum Gasteiger partial charge on any atom is 0.151 e. The van der Waals surface area contributed by atoms with Crippen LogP contribution < -0.4 is 5.73 Å². The third-order valence-electron chi connectivity index (χ3n) is 1.24. The van der Waals surface area contributed by atoms with Gasteiger partial charge in [0.2, 0.25) is 0 Å². The molecule has 0 bridgehead atoms. The Kier molecular flexibility index (Phi) is 2.52. The maximum atomic E-state index is 10.3. The van der Waals surface area contributed by atoms with Crippen LogP contribution in [-0.4, -0.2) is 6.29 Å². The Bertz CT molecular complexity index is 301. The topological polar surface area (TPSA) is 43.1 Å². The zero-order valence-corrected chi connectivity index (χ0v) is 7.82. The van der Waals surface area contributed by atoms with E-state index in [1.807, 2.05) is 0 Å². The maximum absolute atomic E-state index is 10.3. The van der Waals surface area contributed by atoms with E-state index in [-0.39, 0.29) is 0 Å². The minimum atomic E-state index is 0.404. The zero-order valence-electron chi connectivity index (χ0n) is 5.47. The summed E-state index contributed by atoms with van der Waals surface area (Å²) in [7, 11) is 0. The van der Waals surface area contributed by atoms with Crippen molar-refractivity contribution in [1.82, 2.24) is 0 Å². The number of nitrogen functional groups attached to an aromatic ring is 1. The fraction of sp³-hybridized carbons (Fsp3) is 0. The van der Waals surface area contributed by atoms with Crippen molar-refractivity contribution in [2.45, 2.75) is 0 Å². The number of hydrogen-bond acceptors (Lipinski definition) is 2. The lowest BCUT2D eigenvalue weighted by atomic mass is 10.2. The normalized spacial score (nSPS) is 9.64. The first-order chi connectivity index (χ1) is 5.15. The lowest BCUT2D eigenvalue weighted by Gasteiger charge is -2.00. The number of carbonyl (C=O) groups is 1. The lowest BCUT2D eigenvalue weighted by molar-refractivity contribution is 0.112. The van der Waals surface area contributed by atoms with Crippen LogP contribution in [0.15, 0.2) is 16.6 Å². The highest BCUT2D eigenvalue weighted by Gasteiger charge is 2.02. The summed E-state index contributed by atoms with van der Waals surface area (Å²) in [5.74, 6) is 0. The molecule has 1 rings (SSSR count). The Morgan fingerprint density at radius 3 is 2.73 bits per heavy atom. The molecule has 1 aromatic rings. The second-order valence-corrected chi connectivity index (χ2v) is 3.27. The molecule has 58 valence electrons. The molecule has 1 aromatic carbocycles. The second-order valence-electron chi connectivity index (χ2n) is 2.01. The fourth-order valence-corrected chi connectivity index (χ4v) is 1.36. The van der Waals surface area contributed by atoms with E-state index in [1.165, 1.54) is 6.07 Å². The molecule has 11 heavy (non-hydrogen) atoms. The van der Waals surface area contributed by atoms with Gasteiger partial charge in [-0.1, -0.05) is 11.6 Å². The third-order valence-corrected chi connectivity index (χ3v) is 2.26. The van der Waals surface area contributed by atoms with Crippen LogP contribution in [0, 0.1) is 0 Å². The average Bonchev–Trinajstić information content (AvgIpc) is 1.97. The first kappa shape index (κ1) is 8.56. The molecular formula is C7H5BrClNO. The largest absolute Gasteiger partial charge is 0.398 e. The van der Waals surface area contributed by atoms with E-state index in [2.05, 4.69) is 15.9 Å². The molecule has 0 aliphatic carbocycles. The van der Waals surface area contributed by atoms with Crippen LogP contribution in [0.2, 0.25) is 5.02 Å². The molecule has 0 spiro atoms. The number of hydrogen-bond donors (Lipinski definition) is 1.